The van der Waals surface area contributed by atoms with Crippen molar-refractivity contribution in [2.45, 2.75) is 12.8 Å². The predicted octanol–water partition coefficient (Wildman–Crippen LogP) is 3.19. The average molecular weight is 336 g/mol. The van der Waals surface area contributed by atoms with Crippen LogP contribution in [0.5, 0.6) is 0 Å². The number of hydrogen-bond donors (Lipinski definition) is 2. The van der Waals surface area contributed by atoms with Crippen LogP contribution >= 0.6 is 22.9 Å². The zero-order valence-corrected chi connectivity index (χ0v) is 13.7. The molecule has 3 rings (SSSR count). The normalized spacial score (nSPS) is 15.7. The molecule has 0 aliphatic carbocycles. The number of piperidine rings is 1. The number of halogens is 1. The molecule has 0 saturated carbocycles. The van der Waals surface area contributed by atoms with Gasteiger partial charge in [-0.25, -0.2) is 4.98 Å². The number of aromatic nitrogens is 1. The van der Waals surface area contributed by atoms with Crippen molar-refractivity contribution in [2.75, 3.05) is 19.6 Å². The van der Waals surface area contributed by atoms with Crippen LogP contribution in [-0.2, 0) is 0 Å². The summed E-state index contributed by atoms with van der Waals surface area (Å²) in [7, 11) is 0. The van der Waals surface area contributed by atoms with Gasteiger partial charge >= 0.3 is 0 Å². The summed E-state index contributed by atoms with van der Waals surface area (Å²) in [6.07, 6.45) is 2.23. The van der Waals surface area contributed by atoms with Gasteiger partial charge in [0.1, 0.15) is 10.2 Å². The SMILES string of the molecule is O=C(NCC1CCNCC1)c1ccccc1-c1nc(Cl)cs1. The highest BCUT2D eigenvalue weighted by molar-refractivity contribution is 7.13. The molecule has 116 valence electrons. The van der Waals surface area contributed by atoms with E-state index in [1.807, 2.05) is 24.3 Å². The van der Waals surface area contributed by atoms with Gasteiger partial charge in [0.25, 0.3) is 5.91 Å². The zero-order valence-electron chi connectivity index (χ0n) is 12.1. The molecule has 0 atom stereocenters. The van der Waals surface area contributed by atoms with Crippen LogP contribution in [0.1, 0.15) is 23.2 Å². The first-order valence-corrected chi connectivity index (χ1v) is 8.69. The Labute approximate surface area is 138 Å². The summed E-state index contributed by atoms with van der Waals surface area (Å²) < 4.78 is 0. The zero-order chi connectivity index (χ0) is 15.4. The maximum Gasteiger partial charge on any atom is 0.252 e. The Kier molecular flexibility index (Phi) is 5.08. The van der Waals surface area contributed by atoms with Crippen molar-refractivity contribution < 1.29 is 4.79 Å². The fourth-order valence-corrected chi connectivity index (χ4v) is 3.65. The van der Waals surface area contributed by atoms with E-state index in [0.717, 1.165) is 43.0 Å². The van der Waals surface area contributed by atoms with Gasteiger partial charge in [0.2, 0.25) is 0 Å². The molecule has 1 aromatic carbocycles. The van der Waals surface area contributed by atoms with Crippen LogP contribution in [0.3, 0.4) is 0 Å². The predicted molar refractivity (Wildman–Crippen MR) is 90.5 cm³/mol. The lowest BCUT2D eigenvalue weighted by molar-refractivity contribution is 0.0945. The van der Waals surface area contributed by atoms with Crippen molar-refractivity contribution in [3.8, 4) is 10.6 Å². The standard InChI is InChI=1S/C16H18ClN3OS/c17-14-10-22-16(20-14)13-4-2-1-3-12(13)15(21)19-9-11-5-7-18-8-6-11/h1-4,10-11,18H,5-9H2,(H,19,21). The lowest BCUT2D eigenvalue weighted by atomic mass is 9.98. The van der Waals surface area contributed by atoms with Crippen molar-refractivity contribution in [2.24, 2.45) is 5.92 Å². The summed E-state index contributed by atoms with van der Waals surface area (Å²) in [4.78, 5) is 16.8. The monoisotopic (exact) mass is 335 g/mol. The van der Waals surface area contributed by atoms with Gasteiger partial charge in [0.15, 0.2) is 0 Å². The highest BCUT2D eigenvalue weighted by Crippen LogP contribution is 2.28. The lowest BCUT2D eigenvalue weighted by Crippen LogP contribution is -2.36. The molecule has 1 aromatic heterocycles. The van der Waals surface area contributed by atoms with Crippen LogP contribution in [0.4, 0.5) is 0 Å². The minimum atomic E-state index is -0.0412. The first-order valence-electron chi connectivity index (χ1n) is 7.43. The molecule has 4 nitrogen and oxygen atoms in total. The summed E-state index contributed by atoms with van der Waals surface area (Å²) in [6.45, 7) is 2.80. The minimum absolute atomic E-state index is 0.0412. The Morgan fingerprint density at radius 1 is 1.36 bits per heavy atom. The second-order valence-corrected chi connectivity index (χ2v) is 6.67. The molecule has 1 saturated heterocycles. The third-order valence-electron chi connectivity index (χ3n) is 3.89. The minimum Gasteiger partial charge on any atom is -0.352 e. The number of hydrogen-bond acceptors (Lipinski definition) is 4. The Bertz CT molecular complexity index is 652. The highest BCUT2D eigenvalue weighted by atomic mass is 35.5. The van der Waals surface area contributed by atoms with Gasteiger partial charge in [-0.3, -0.25) is 4.79 Å². The quantitative estimate of drug-likeness (QED) is 0.902. The summed E-state index contributed by atoms with van der Waals surface area (Å²) >= 11 is 7.35. The second-order valence-electron chi connectivity index (χ2n) is 5.42. The van der Waals surface area contributed by atoms with Gasteiger partial charge in [0, 0.05) is 23.1 Å². The Balaban J connectivity index is 1.72. The summed E-state index contributed by atoms with van der Waals surface area (Å²) in [6, 6.07) is 7.53. The molecule has 1 aliphatic heterocycles. The molecular formula is C16H18ClN3OS. The van der Waals surface area contributed by atoms with Gasteiger partial charge in [-0.2, -0.15) is 0 Å². The molecule has 2 aromatic rings. The Hall–Kier alpha value is -1.43. The van der Waals surface area contributed by atoms with Crippen molar-refractivity contribution in [1.29, 1.82) is 0 Å². The van der Waals surface area contributed by atoms with Crippen LogP contribution in [0.15, 0.2) is 29.6 Å². The third-order valence-corrected chi connectivity index (χ3v) is 5.09. The molecule has 2 heterocycles. The van der Waals surface area contributed by atoms with Crippen LogP contribution in [0, 0.1) is 5.92 Å². The average Bonchev–Trinajstić information content (AvgIpc) is 3.00. The number of thiazole rings is 1. The first kappa shape index (κ1) is 15.5. The molecule has 0 bridgehead atoms. The molecule has 0 unspecified atom stereocenters. The van der Waals surface area contributed by atoms with Crippen LogP contribution in [-0.4, -0.2) is 30.5 Å². The second kappa shape index (κ2) is 7.22. The van der Waals surface area contributed by atoms with E-state index in [4.69, 9.17) is 11.6 Å². The molecule has 1 aliphatic rings. The first-order chi connectivity index (χ1) is 10.7. The number of rotatable bonds is 4. The molecular weight excluding hydrogens is 318 g/mol. The molecule has 0 radical (unpaired) electrons. The van der Waals surface area contributed by atoms with E-state index in [2.05, 4.69) is 15.6 Å². The van der Waals surface area contributed by atoms with Crippen molar-refractivity contribution in [3.63, 3.8) is 0 Å². The van der Waals surface area contributed by atoms with Crippen LogP contribution in [0.25, 0.3) is 10.6 Å². The van der Waals surface area contributed by atoms with E-state index >= 15 is 0 Å². The van der Waals surface area contributed by atoms with Gasteiger partial charge < -0.3 is 10.6 Å². The van der Waals surface area contributed by atoms with E-state index in [9.17, 15) is 4.79 Å². The molecule has 2 N–H and O–H groups in total. The van der Waals surface area contributed by atoms with E-state index in [1.54, 1.807) is 5.38 Å². The summed E-state index contributed by atoms with van der Waals surface area (Å²) in [5.74, 6) is 0.520. The summed E-state index contributed by atoms with van der Waals surface area (Å²) in [5, 5.41) is 9.41. The van der Waals surface area contributed by atoms with Crippen molar-refractivity contribution in [3.05, 3.63) is 40.4 Å². The number of carbonyl (C=O) groups excluding carboxylic acids is 1. The number of benzene rings is 1. The molecule has 6 heteroatoms. The van der Waals surface area contributed by atoms with Gasteiger partial charge in [-0.15, -0.1) is 11.3 Å². The fraction of sp³-hybridized carbons (Fsp3) is 0.375. The molecule has 1 fully saturated rings. The molecule has 1 amide bonds. The Morgan fingerprint density at radius 3 is 2.86 bits per heavy atom. The van der Waals surface area contributed by atoms with Gasteiger partial charge in [0.05, 0.1) is 0 Å². The van der Waals surface area contributed by atoms with E-state index in [1.165, 1.54) is 11.3 Å². The maximum absolute atomic E-state index is 12.5. The van der Waals surface area contributed by atoms with E-state index in [-0.39, 0.29) is 5.91 Å². The van der Waals surface area contributed by atoms with Crippen molar-refractivity contribution >= 4 is 28.8 Å². The highest BCUT2D eigenvalue weighted by Gasteiger charge is 2.17. The molecule has 0 spiro atoms. The lowest BCUT2D eigenvalue weighted by Gasteiger charge is -2.22. The smallest absolute Gasteiger partial charge is 0.252 e. The van der Waals surface area contributed by atoms with Crippen molar-refractivity contribution in [1.82, 2.24) is 15.6 Å². The number of amides is 1. The topological polar surface area (TPSA) is 54.0 Å². The van der Waals surface area contributed by atoms with E-state index in [0.29, 0.717) is 16.6 Å². The largest absolute Gasteiger partial charge is 0.352 e. The van der Waals surface area contributed by atoms with E-state index < -0.39 is 0 Å². The third kappa shape index (κ3) is 3.66. The van der Waals surface area contributed by atoms with Gasteiger partial charge in [-0.1, -0.05) is 29.8 Å². The van der Waals surface area contributed by atoms with Crippen LogP contribution in [0.2, 0.25) is 5.15 Å². The van der Waals surface area contributed by atoms with Crippen LogP contribution < -0.4 is 10.6 Å². The summed E-state index contributed by atoms with van der Waals surface area (Å²) in [5.41, 5.74) is 1.49. The Morgan fingerprint density at radius 2 is 2.14 bits per heavy atom. The number of nitrogens with one attached hydrogen (secondary N) is 2. The maximum atomic E-state index is 12.5. The fourth-order valence-electron chi connectivity index (χ4n) is 2.66. The number of nitrogens with zero attached hydrogens (tertiary/aromatic N) is 1. The van der Waals surface area contributed by atoms with Gasteiger partial charge in [-0.05, 0) is 37.9 Å². The number of carbonyl (C=O) groups is 1. The molecule has 22 heavy (non-hydrogen) atoms.